The summed E-state index contributed by atoms with van der Waals surface area (Å²) in [4.78, 5) is 38.8. The summed E-state index contributed by atoms with van der Waals surface area (Å²) >= 11 is 1.43. The van der Waals surface area contributed by atoms with Gasteiger partial charge in [0.15, 0.2) is 18.3 Å². The molecule has 5 atom stereocenters. The van der Waals surface area contributed by atoms with Crippen LogP contribution in [0.25, 0.3) is 0 Å². The van der Waals surface area contributed by atoms with Crippen LogP contribution in [0.2, 0.25) is 0 Å². The molecule has 35 heavy (non-hydrogen) atoms. The lowest BCUT2D eigenvalue weighted by Gasteiger charge is -2.39. The molecule has 0 radical (unpaired) electrons. The topological polar surface area (TPSA) is 88.1 Å². The first kappa shape index (κ1) is 23.1. The van der Waals surface area contributed by atoms with Crippen LogP contribution < -0.4 is 0 Å². The van der Waals surface area contributed by atoms with Crippen molar-refractivity contribution < 1.29 is 33.3 Å². The summed E-state index contributed by atoms with van der Waals surface area (Å²) < 4.78 is 23.6. The summed E-state index contributed by atoms with van der Waals surface area (Å²) in [5.74, 6) is -1.28. The largest absolute Gasteiger partial charge is 0.452 e. The lowest BCUT2D eigenvalue weighted by molar-refractivity contribution is -0.186. The highest BCUT2D eigenvalue weighted by atomic mass is 32.2. The van der Waals surface area contributed by atoms with Gasteiger partial charge in [-0.2, -0.15) is 0 Å². The highest BCUT2D eigenvalue weighted by Crippen LogP contribution is 2.41. The zero-order valence-electron chi connectivity index (χ0n) is 18.5. The molecule has 3 aromatic rings. The number of carbonyl (C=O) groups excluding carboxylic acids is 3. The molecule has 2 fully saturated rings. The van der Waals surface area contributed by atoms with Crippen molar-refractivity contribution in [3.8, 4) is 0 Å². The molecule has 0 aliphatic carbocycles. The van der Waals surface area contributed by atoms with E-state index in [9.17, 15) is 14.4 Å². The van der Waals surface area contributed by atoms with Crippen LogP contribution in [0, 0.1) is 0 Å². The Kier molecular flexibility index (Phi) is 6.83. The highest BCUT2D eigenvalue weighted by molar-refractivity contribution is 8.00. The first-order valence-corrected chi connectivity index (χ1v) is 12.2. The molecule has 0 saturated carbocycles. The van der Waals surface area contributed by atoms with Gasteiger partial charge in [0.25, 0.3) is 0 Å². The van der Waals surface area contributed by atoms with Gasteiger partial charge in [-0.05, 0) is 36.4 Å². The fourth-order valence-corrected chi connectivity index (χ4v) is 5.30. The van der Waals surface area contributed by atoms with Crippen molar-refractivity contribution in [2.45, 2.75) is 29.9 Å². The molecule has 0 aromatic heterocycles. The number of rotatable bonds is 6. The third-order valence-electron chi connectivity index (χ3n) is 5.77. The zero-order chi connectivity index (χ0) is 24.2. The Labute approximate surface area is 206 Å². The van der Waals surface area contributed by atoms with E-state index >= 15 is 0 Å². The molecule has 0 unspecified atom stereocenters. The Morgan fingerprint density at radius 1 is 0.600 bits per heavy atom. The number of ether oxygens (including phenoxy) is 4. The molecule has 5 rings (SSSR count). The molecule has 8 heteroatoms. The van der Waals surface area contributed by atoms with Crippen LogP contribution in [0.1, 0.15) is 31.1 Å². The average molecular weight is 491 g/mol. The lowest BCUT2D eigenvalue weighted by atomic mass is 9.99. The van der Waals surface area contributed by atoms with E-state index in [0.717, 1.165) is 0 Å². The van der Waals surface area contributed by atoms with Crippen LogP contribution in [-0.4, -0.2) is 53.5 Å². The zero-order valence-corrected chi connectivity index (χ0v) is 19.3. The average Bonchev–Trinajstić information content (AvgIpc) is 3.35. The minimum absolute atomic E-state index is 0.334. The van der Waals surface area contributed by atoms with Crippen molar-refractivity contribution in [2.24, 2.45) is 0 Å². The summed E-state index contributed by atoms with van der Waals surface area (Å²) in [7, 11) is 0. The van der Waals surface area contributed by atoms with Crippen LogP contribution in [0.5, 0.6) is 0 Å². The number of benzene rings is 3. The van der Waals surface area contributed by atoms with Crippen LogP contribution >= 0.6 is 11.8 Å². The number of esters is 3. The summed E-state index contributed by atoms with van der Waals surface area (Å²) in [6.07, 6.45) is -3.51. The first-order valence-electron chi connectivity index (χ1n) is 11.2. The summed E-state index contributed by atoms with van der Waals surface area (Å²) in [6.45, 7) is 0. The van der Waals surface area contributed by atoms with Crippen molar-refractivity contribution in [1.29, 1.82) is 0 Å². The van der Waals surface area contributed by atoms with Gasteiger partial charge < -0.3 is 18.9 Å². The molecule has 2 aliphatic heterocycles. The molecule has 2 heterocycles. The Balaban J connectivity index is 1.44. The maximum Gasteiger partial charge on any atom is 0.338 e. The molecule has 7 nitrogen and oxygen atoms in total. The Bertz CT molecular complexity index is 1120. The van der Waals surface area contributed by atoms with Gasteiger partial charge in [-0.1, -0.05) is 54.6 Å². The molecule has 0 amide bonds. The Hall–Kier alpha value is -3.62. The predicted octanol–water partition coefficient (Wildman–Crippen LogP) is 4.13. The third kappa shape index (κ3) is 5.08. The number of thioether (sulfide) groups is 1. The van der Waals surface area contributed by atoms with E-state index in [0.29, 0.717) is 22.4 Å². The standard InChI is InChI=1S/C27H22O7S/c28-24(17-10-4-1-5-11-17)32-21-20-16-35-27(31-20)23(34-26(30)19-14-8-3-9-15-19)22(21)33-25(29)18-12-6-2-7-13-18/h1-15,20-23,27H,16H2/t20-,21-,22+,23-,27+/m1/s1. The van der Waals surface area contributed by atoms with Crippen LogP contribution in [-0.2, 0) is 18.9 Å². The van der Waals surface area contributed by atoms with Crippen molar-refractivity contribution in [1.82, 2.24) is 0 Å². The molecule has 0 N–H and O–H groups in total. The van der Waals surface area contributed by atoms with E-state index in [2.05, 4.69) is 0 Å². The first-order chi connectivity index (χ1) is 17.1. The number of carbonyl (C=O) groups is 3. The second-order valence-corrected chi connectivity index (χ2v) is 9.22. The van der Waals surface area contributed by atoms with Gasteiger partial charge in [0.05, 0.1) is 16.7 Å². The van der Waals surface area contributed by atoms with Crippen LogP contribution in [0.15, 0.2) is 91.0 Å². The van der Waals surface area contributed by atoms with Gasteiger partial charge in [-0.15, -0.1) is 11.8 Å². The molecule has 0 spiro atoms. The van der Waals surface area contributed by atoms with Gasteiger partial charge in [-0.25, -0.2) is 14.4 Å². The Morgan fingerprint density at radius 2 is 1.00 bits per heavy atom. The van der Waals surface area contributed by atoms with Crippen molar-refractivity contribution in [3.05, 3.63) is 108 Å². The summed E-state index contributed by atoms with van der Waals surface area (Å²) in [5, 5.41) is 0. The molecule has 178 valence electrons. The minimum Gasteiger partial charge on any atom is -0.452 e. The molecule has 2 aliphatic rings. The monoisotopic (exact) mass is 490 g/mol. The molecule has 3 aromatic carbocycles. The second kappa shape index (κ2) is 10.3. The maximum absolute atomic E-state index is 13.0. The minimum atomic E-state index is -1.05. The van der Waals surface area contributed by atoms with Gasteiger partial charge in [0.1, 0.15) is 11.5 Å². The summed E-state index contributed by atoms with van der Waals surface area (Å²) in [6, 6.07) is 25.5. The van der Waals surface area contributed by atoms with Gasteiger partial charge in [-0.3, -0.25) is 0 Å². The fraction of sp³-hybridized carbons (Fsp3) is 0.222. The molecular formula is C27H22O7S. The molecular weight excluding hydrogens is 468 g/mol. The van der Waals surface area contributed by atoms with Gasteiger partial charge in [0, 0.05) is 5.75 Å². The van der Waals surface area contributed by atoms with Crippen molar-refractivity contribution in [2.75, 3.05) is 5.75 Å². The van der Waals surface area contributed by atoms with Crippen molar-refractivity contribution >= 4 is 29.7 Å². The summed E-state index contributed by atoms with van der Waals surface area (Å²) in [5.41, 5.74) is 0.475. The number of fused-ring (bicyclic) bond motifs is 2. The van der Waals surface area contributed by atoms with E-state index in [4.69, 9.17) is 18.9 Å². The Morgan fingerprint density at radius 3 is 1.46 bits per heavy atom. The predicted molar refractivity (Wildman–Crippen MR) is 128 cm³/mol. The van der Waals surface area contributed by atoms with Crippen LogP contribution in [0.4, 0.5) is 0 Å². The third-order valence-corrected chi connectivity index (χ3v) is 7.00. The lowest BCUT2D eigenvalue weighted by Crippen LogP contribution is -2.58. The highest BCUT2D eigenvalue weighted by Gasteiger charge is 2.56. The van der Waals surface area contributed by atoms with E-state index in [-0.39, 0.29) is 0 Å². The molecule has 2 saturated heterocycles. The second-order valence-electron chi connectivity index (χ2n) is 8.08. The maximum atomic E-state index is 13.0. The van der Waals surface area contributed by atoms with E-state index < -0.39 is 47.8 Å². The number of hydrogen-bond donors (Lipinski definition) is 0. The van der Waals surface area contributed by atoms with E-state index in [1.165, 1.54) is 11.8 Å². The fourth-order valence-electron chi connectivity index (χ4n) is 4.04. The van der Waals surface area contributed by atoms with E-state index in [1.807, 2.05) is 0 Å². The molecule has 2 bridgehead atoms. The normalized spacial score (nSPS) is 24.9. The quantitative estimate of drug-likeness (QED) is 0.376. The van der Waals surface area contributed by atoms with Gasteiger partial charge in [0.2, 0.25) is 0 Å². The smallest absolute Gasteiger partial charge is 0.338 e. The van der Waals surface area contributed by atoms with Gasteiger partial charge >= 0.3 is 17.9 Å². The van der Waals surface area contributed by atoms with Crippen LogP contribution in [0.3, 0.4) is 0 Å². The van der Waals surface area contributed by atoms with Crippen molar-refractivity contribution in [3.63, 3.8) is 0 Å². The number of hydrogen-bond acceptors (Lipinski definition) is 8. The van der Waals surface area contributed by atoms with E-state index in [1.54, 1.807) is 91.0 Å². The SMILES string of the molecule is O=C(O[C@@H]1[C@@H](OC(=O)c2ccccc2)[C@H]2O[C@H](CS2)[C@H]1OC(=O)c1ccccc1)c1ccccc1.